The Balaban J connectivity index is 1.86. The molecule has 0 saturated carbocycles. The molecule has 0 N–H and O–H groups in total. The van der Waals surface area contributed by atoms with Crippen molar-refractivity contribution in [3.05, 3.63) is 80.5 Å². The molecule has 5 nitrogen and oxygen atoms in total. The largest absolute Gasteiger partial charge is 0.450 e. The first-order valence-electron chi connectivity index (χ1n) is 10.5. The van der Waals surface area contributed by atoms with E-state index in [1.165, 1.54) is 11.0 Å². The molecule has 1 amide bonds. The van der Waals surface area contributed by atoms with E-state index in [1.54, 1.807) is 30.3 Å². The minimum Gasteiger partial charge on any atom is -0.450 e. The molecule has 2 heterocycles. The molecule has 162 valence electrons. The lowest BCUT2D eigenvalue weighted by molar-refractivity contribution is 0.0592. The molecular formula is C25H26FNO4. The smallest absolute Gasteiger partial charge is 0.290 e. The van der Waals surface area contributed by atoms with Crippen molar-refractivity contribution in [2.45, 2.75) is 46.3 Å². The molecule has 1 aromatic heterocycles. The maximum absolute atomic E-state index is 14.8. The highest BCUT2D eigenvalue weighted by atomic mass is 19.1. The predicted molar refractivity (Wildman–Crippen MR) is 117 cm³/mol. The summed E-state index contributed by atoms with van der Waals surface area (Å²) in [6, 6.07) is 8.97. The van der Waals surface area contributed by atoms with E-state index in [0.29, 0.717) is 30.5 Å². The Bertz CT molecular complexity index is 1210. The van der Waals surface area contributed by atoms with E-state index in [0.717, 1.165) is 11.1 Å². The summed E-state index contributed by atoms with van der Waals surface area (Å²) in [6.45, 7) is 8.51. The van der Waals surface area contributed by atoms with Crippen LogP contribution in [0.2, 0.25) is 0 Å². The standard InChI is InChI=1S/C25H26FNO4/c1-14(2)30-11-7-10-27-22(17-8-5-6-9-19(17)26)21-23(28)18-12-15(3)16(4)13-20(18)31-24(21)25(27)29/h5-6,8-9,12-14,22H,7,10-11H2,1-4H3. The van der Waals surface area contributed by atoms with Crippen LogP contribution < -0.4 is 5.43 Å². The van der Waals surface area contributed by atoms with Crippen molar-refractivity contribution in [3.8, 4) is 0 Å². The second-order valence-electron chi connectivity index (χ2n) is 8.30. The van der Waals surface area contributed by atoms with Crippen LogP contribution in [-0.4, -0.2) is 30.1 Å². The van der Waals surface area contributed by atoms with Gasteiger partial charge in [0.1, 0.15) is 11.4 Å². The Hall–Kier alpha value is -2.99. The zero-order valence-electron chi connectivity index (χ0n) is 18.2. The number of fused-ring (bicyclic) bond motifs is 2. The maximum atomic E-state index is 14.8. The second-order valence-corrected chi connectivity index (χ2v) is 8.30. The molecule has 0 saturated heterocycles. The number of rotatable bonds is 6. The fraction of sp³-hybridized carbons (Fsp3) is 0.360. The van der Waals surface area contributed by atoms with Crippen molar-refractivity contribution >= 4 is 16.9 Å². The lowest BCUT2D eigenvalue weighted by Gasteiger charge is -2.25. The number of carbonyl (C=O) groups is 1. The molecule has 0 aliphatic carbocycles. The molecule has 2 aromatic carbocycles. The lowest BCUT2D eigenvalue weighted by atomic mass is 9.97. The molecule has 1 aliphatic heterocycles. The second kappa shape index (κ2) is 8.27. The number of hydrogen-bond donors (Lipinski definition) is 0. The maximum Gasteiger partial charge on any atom is 0.290 e. The Morgan fingerprint density at radius 1 is 1.13 bits per heavy atom. The Kier molecular flexibility index (Phi) is 5.67. The Labute approximate surface area is 180 Å². The van der Waals surface area contributed by atoms with Crippen molar-refractivity contribution in [1.29, 1.82) is 0 Å². The van der Waals surface area contributed by atoms with Crippen molar-refractivity contribution in [2.24, 2.45) is 0 Å². The number of halogens is 1. The summed E-state index contributed by atoms with van der Waals surface area (Å²) >= 11 is 0. The number of nitrogens with zero attached hydrogens (tertiary/aromatic N) is 1. The average Bonchev–Trinajstić information content (AvgIpc) is 2.99. The van der Waals surface area contributed by atoms with E-state index < -0.39 is 17.8 Å². The first-order valence-corrected chi connectivity index (χ1v) is 10.5. The molecule has 1 unspecified atom stereocenters. The molecule has 3 aromatic rings. The van der Waals surface area contributed by atoms with Crippen LogP contribution in [0.4, 0.5) is 4.39 Å². The van der Waals surface area contributed by atoms with Gasteiger partial charge in [-0.1, -0.05) is 18.2 Å². The van der Waals surface area contributed by atoms with Gasteiger partial charge in [0.25, 0.3) is 5.91 Å². The van der Waals surface area contributed by atoms with Gasteiger partial charge in [0, 0.05) is 18.7 Å². The molecular weight excluding hydrogens is 397 g/mol. The van der Waals surface area contributed by atoms with Crippen molar-refractivity contribution in [3.63, 3.8) is 0 Å². The molecule has 0 fully saturated rings. The van der Waals surface area contributed by atoms with E-state index in [-0.39, 0.29) is 28.4 Å². The van der Waals surface area contributed by atoms with Gasteiger partial charge in [-0.15, -0.1) is 0 Å². The van der Waals surface area contributed by atoms with Crippen LogP contribution in [0, 0.1) is 19.7 Å². The SMILES string of the molecule is Cc1cc2oc3c(c(=O)c2cc1C)C(c1ccccc1F)N(CCCOC(C)C)C3=O. The van der Waals surface area contributed by atoms with Gasteiger partial charge >= 0.3 is 0 Å². The van der Waals surface area contributed by atoms with Crippen LogP contribution in [0.15, 0.2) is 45.6 Å². The predicted octanol–water partition coefficient (Wildman–Crippen LogP) is 4.91. The number of benzene rings is 2. The monoisotopic (exact) mass is 423 g/mol. The van der Waals surface area contributed by atoms with Gasteiger partial charge in [0.15, 0.2) is 5.43 Å². The summed E-state index contributed by atoms with van der Waals surface area (Å²) < 4.78 is 26.3. The Morgan fingerprint density at radius 3 is 2.55 bits per heavy atom. The third-order valence-electron chi connectivity index (χ3n) is 5.78. The highest BCUT2D eigenvalue weighted by Gasteiger charge is 2.43. The molecule has 4 rings (SSSR count). The van der Waals surface area contributed by atoms with E-state index in [9.17, 15) is 14.0 Å². The molecule has 1 aliphatic rings. The van der Waals surface area contributed by atoms with E-state index in [2.05, 4.69) is 0 Å². The van der Waals surface area contributed by atoms with E-state index in [4.69, 9.17) is 9.15 Å². The fourth-order valence-electron chi connectivity index (χ4n) is 4.08. The van der Waals surface area contributed by atoms with Crippen LogP contribution >= 0.6 is 0 Å². The first kappa shape index (κ1) is 21.2. The Morgan fingerprint density at radius 2 is 1.84 bits per heavy atom. The third-order valence-corrected chi connectivity index (χ3v) is 5.78. The van der Waals surface area contributed by atoms with Crippen molar-refractivity contribution in [2.75, 3.05) is 13.2 Å². The normalized spacial score (nSPS) is 15.9. The zero-order valence-corrected chi connectivity index (χ0v) is 18.2. The quantitative estimate of drug-likeness (QED) is 0.529. The summed E-state index contributed by atoms with van der Waals surface area (Å²) in [6.07, 6.45) is 0.642. The van der Waals surface area contributed by atoms with E-state index >= 15 is 0 Å². The minimum atomic E-state index is -0.829. The van der Waals surface area contributed by atoms with Gasteiger partial charge in [-0.3, -0.25) is 9.59 Å². The first-order chi connectivity index (χ1) is 14.8. The summed E-state index contributed by atoms with van der Waals surface area (Å²) in [4.78, 5) is 28.3. The van der Waals surface area contributed by atoms with Gasteiger partial charge in [-0.05, 0) is 63.4 Å². The molecule has 0 radical (unpaired) electrons. The fourth-order valence-corrected chi connectivity index (χ4v) is 4.08. The van der Waals surface area contributed by atoms with Crippen LogP contribution in [0.25, 0.3) is 11.0 Å². The molecule has 31 heavy (non-hydrogen) atoms. The van der Waals surface area contributed by atoms with Crippen molar-refractivity contribution < 1.29 is 18.3 Å². The number of ether oxygens (including phenoxy) is 1. The highest BCUT2D eigenvalue weighted by molar-refractivity contribution is 5.99. The zero-order chi connectivity index (χ0) is 22.3. The number of amides is 1. The molecule has 1 atom stereocenters. The average molecular weight is 423 g/mol. The topological polar surface area (TPSA) is 59.8 Å². The third kappa shape index (κ3) is 3.76. The number of carbonyl (C=O) groups excluding carboxylic acids is 1. The van der Waals surface area contributed by atoms with Gasteiger partial charge in [-0.2, -0.15) is 0 Å². The summed E-state index contributed by atoms with van der Waals surface area (Å²) in [5.41, 5.74) is 2.49. The van der Waals surface area contributed by atoms with Gasteiger partial charge in [0.05, 0.1) is 23.1 Å². The van der Waals surface area contributed by atoms with Gasteiger partial charge < -0.3 is 14.1 Å². The summed E-state index contributed by atoms with van der Waals surface area (Å²) in [7, 11) is 0. The van der Waals surface area contributed by atoms with Crippen LogP contribution in [-0.2, 0) is 4.74 Å². The number of hydrogen-bond acceptors (Lipinski definition) is 4. The highest BCUT2D eigenvalue weighted by Crippen LogP contribution is 2.39. The molecule has 6 heteroatoms. The van der Waals surface area contributed by atoms with Crippen LogP contribution in [0.1, 0.15) is 59.1 Å². The minimum absolute atomic E-state index is 0.00113. The van der Waals surface area contributed by atoms with E-state index in [1.807, 2.05) is 27.7 Å². The van der Waals surface area contributed by atoms with Gasteiger partial charge in [-0.25, -0.2) is 4.39 Å². The van der Waals surface area contributed by atoms with Crippen LogP contribution in [0.5, 0.6) is 0 Å². The van der Waals surface area contributed by atoms with Gasteiger partial charge in [0.2, 0.25) is 5.76 Å². The number of aryl methyl sites for hydroxylation is 2. The summed E-state index contributed by atoms with van der Waals surface area (Å²) in [5.74, 6) is -0.861. The van der Waals surface area contributed by atoms with Crippen molar-refractivity contribution in [1.82, 2.24) is 4.90 Å². The molecule has 0 spiro atoms. The molecule has 0 bridgehead atoms. The lowest BCUT2D eigenvalue weighted by Crippen LogP contribution is -2.32. The van der Waals surface area contributed by atoms with Crippen LogP contribution in [0.3, 0.4) is 0 Å². The summed E-state index contributed by atoms with van der Waals surface area (Å²) in [5, 5.41) is 0.404.